The van der Waals surface area contributed by atoms with Gasteiger partial charge in [0.1, 0.15) is 5.82 Å². The molecular weight excluding hydrogens is 251 g/mol. The van der Waals surface area contributed by atoms with E-state index in [0.717, 1.165) is 13.1 Å². The number of rotatable bonds is 5. The third kappa shape index (κ3) is 4.23. The minimum atomic E-state index is -0.190. The van der Waals surface area contributed by atoms with E-state index >= 15 is 0 Å². The molecule has 1 aliphatic heterocycles. The predicted molar refractivity (Wildman–Crippen MR) is 73.4 cm³/mol. The Bertz CT molecular complexity index is 378. The summed E-state index contributed by atoms with van der Waals surface area (Å²) in [5.74, 6) is -0.190. The molecule has 1 N–H and O–H groups in total. The highest BCUT2D eigenvalue weighted by atomic mass is 35.5. The summed E-state index contributed by atoms with van der Waals surface area (Å²) in [7, 11) is 0. The summed E-state index contributed by atoms with van der Waals surface area (Å²) in [6.45, 7) is 4.88. The zero-order chi connectivity index (χ0) is 12.8. The van der Waals surface area contributed by atoms with Crippen molar-refractivity contribution in [3.63, 3.8) is 0 Å². The lowest BCUT2D eigenvalue weighted by molar-refractivity contribution is 0.229. The quantitative estimate of drug-likeness (QED) is 0.828. The maximum absolute atomic E-state index is 13.4. The van der Waals surface area contributed by atoms with Crippen molar-refractivity contribution in [2.75, 3.05) is 26.2 Å². The molecule has 1 aromatic rings. The van der Waals surface area contributed by atoms with Crippen LogP contribution < -0.4 is 5.32 Å². The number of hydrogen-bond donors (Lipinski definition) is 1. The number of piperidine rings is 1. The summed E-state index contributed by atoms with van der Waals surface area (Å²) in [6.07, 6.45) is 3.98. The van der Waals surface area contributed by atoms with Gasteiger partial charge in [-0.15, -0.1) is 0 Å². The van der Waals surface area contributed by atoms with Gasteiger partial charge in [-0.25, -0.2) is 4.39 Å². The summed E-state index contributed by atoms with van der Waals surface area (Å²) < 4.78 is 13.4. The van der Waals surface area contributed by atoms with Crippen LogP contribution in [0.15, 0.2) is 18.2 Å². The average molecular weight is 271 g/mol. The zero-order valence-corrected chi connectivity index (χ0v) is 11.3. The van der Waals surface area contributed by atoms with Crippen molar-refractivity contribution in [2.45, 2.75) is 25.8 Å². The molecule has 1 heterocycles. The van der Waals surface area contributed by atoms with Gasteiger partial charge in [-0.2, -0.15) is 0 Å². The first-order valence-corrected chi connectivity index (χ1v) is 7.00. The van der Waals surface area contributed by atoms with Gasteiger partial charge in [-0.05, 0) is 44.1 Å². The number of hydrogen-bond acceptors (Lipinski definition) is 2. The number of likely N-dealkylation sites (tertiary alicyclic amines) is 1. The van der Waals surface area contributed by atoms with Crippen molar-refractivity contribution in [2.24, 2.45) is 0 Å². The van der Waals surface area contributed by atoms with E-state index in [4.69, 9.17) is 11.6 Å². The van der Waals surface area contributed by atoms with E-state index in [1.165, 1.54) is 38.4 Å². The lowest BCUT2D eigenvalue weighted by Crippen LogP contribution is -2.35. The topological polar surface area (TPSA) is 15.3 Å². The van der Waals surface area contributed by atoms with Crippen LogP contribution in [-0.2, 0) is 6.54 Å². The van der Waals surface area contributed by atoms with Gasteiger partial charge in [-0.3, -0.25) is 0 Å². The van der Waals surface area contributed by atoms with Gasteiger partial charge in [0, 0.05) is 30.2 Å². The molecule has 18 heavy (non-hydrogen) atoms. The Labute approximate surface area is 113 Å². The number of benzene rings is 1. The highest BCUT2D eigenvalue weighted by molar-refractivity contribution is 6.30. The molecular formula is C14H20ClFN2. The average Bonchev–Trinajstić information content (AvgIpc) is 2.40. The van der Waals surface area contributed by atoms with Gasteiger partial charge >= 0.3 is 0 Å². The van der Waals surface area contributed by atoms with Gasteiger partial charge in [0.05, 0.1) is 0 Å². The van der Waals surface area contributed by atoms with E-state index in [2.05, 4.69) is 10.2 Å². The van der Waals surface area contributed by atoms with E-state index in [-0.39, 0.29) is 5.82 Å². The first-order chi connectivity index (χ1) is 8.75. The van der Waals surface area contributed by atoms with Crippen LogP contribution in [0.2, 0.25) is 5.02 Å². The maximum Gasteiger partial charge on any atom is 0.127 e. The molecule has 1 saturated heterocycles. The van der Waals surface area contributed by atoms with Crippen LogP contribution in [0.1, 0.15) is 24.8 Å². The van der Waals surface area contributed by atoms with Gasteiger partial charge in [0.2, 0.25) is 0 Å². The van der Waals surface area contributed by atoms with E-state index < -0.39 is 0 Å². The highest BCUT2D eigenvalue weighted by Crippen LogP contribution is 2.14. The molecule has 0 unspecified atom stereocenters. The summed E-state index contributed by atoms with van der Waals surface area (Å²) in [5, 5.41) is 3.86. The smallest absolute Gasteiger partial charge is 0.127 e. The molecule has 0 spiro atoms. The van der Waals surface area contributed by atoms with E-state index in [1.54, 1.807) is 12.1 Å². The minimum Gasteiger partial charge on any atom is -0.311 e. The summed E-state index contributed by atoms with van der Waals surface area (Å²) in [5.41, 5.74) is 0.640. The first-order valence-electron chi connectivity index (χ1n) is 6.63. The lowest BCUT2D eigenvalue weighted by Gasteiger charge is -2.26. The molecule has 1 aliphatic rings. The molecule has 0 saturated carbocycles. The molecule has 0 bridgehead atoms. The van der Waals surface area contributed by atoms with E-state index in [9.17, 15) is 4.39 Å². The number of nitrogens with zero attached hydrogens (tertiary/aromatic N) is 1. The molecule has 0 aliphatic carbocycles. The third-order valence-electron chi connectivity index (χ3n) is 3.38. The summed E-state index contributed by atoms with van der Waals surface area (Å²) in [6, 6.07) is 4.68. The van der Waals surface area contributed by atoms with Crippen LogP contribution >= 0.6 is 11.6 Å². The van der Waals surface area contributed by atoms with Crippen LogP contribution in [0, 0.1) is 5.82 Å². The second kappa shape index (κ2) is 7.07. The molecule has 0 atom stereocenters. The van der Waals surface area contributed by atoms with Gasteiger partial charge in [0.15, 0.2) is 0 Å². The molecule has 1 fully saturated rings. The van der Waals surface area contributed by atoms with Crippen molar-refractivity contribution in [1.82, 2.24) is 10.2 Å². The Morgan fingerprint density at radius 2 is 2.00 bits per heavy atom. The molecule has 4 heteroatoms. The Kier molecular flexibility index (Phi) is 5.42. The van der Waals surface area contributed by atoms with E-state index in [0.29, 0.717) is 17.1 Å². The third-order valence-corrected chi connectivity index (χ3v) is 3.61. The Morgan fingerprint density at radius 3 is 2.78 bits per heavy atom. The van der Waals surface area contributed by atoms with Crippen LogP contribution in [0.25, 0.3) is 0 Å². The molecule has 2 nitrogen and oxygen atoms in total. The number of nitrogens with one attached hydrogen (secondary N) is 1. The second-order valence-corrected chi connectivity index (χ2v) is 5.25. The Hall–Kier alpha value is -0.640. The van der Waals surface area contributed by atoms with E-state index in [1.807, 2.05) is 0 Å². The van der Waals surface area contributed by atoms with Crippen LogP contribution in [0.5, 0.6) is 0 Å². The predicted octanol–water partition coefficient (Wildman–Crippen LogP) is 3.05. The van der Waals surface area contributed by atoms with Gasteiger partial charge in [0.25, 0.3) is 0 Å². The van der Waals surface area contributed by atoms with Crippen LogP contribution in [0.3, 0.4) is 0 Å². The largest absolute Gasteiger partial charge is 0.311 e. The Balaban J connectivity index is 1.69. The summed E-state index contributed by atoms with van der Waals surface area (Å²) in [4.78, 5) is 2.46. The fourth-order valence-corrected chi connectivity index (χ4v) is 2.52. The zero-order valence-electron chi connectivity index (χ0n) is 10.6. The van der Waals surface area contributed by atoms with Crippen molar-refractivity contribution in [3.8, 4) is 0 Å². The monoisotopic (exact) mass is 270 g/mol. The lowest BCUT2D eigenvalue weighted by atomic mass is 10.1. The first kappa shape index (κ1) is 13.8. The molecule has 0 amide bonds. The van der Waals surface area contributed by atoms with Crippen molar-refractivity contribution >= 4 is 11.6 Å². The highest BCUT2D eigenvalue weighted by Gasteiger charge is 2.09. The molecule has 0 radical (unpaired) electrons. The minimum absolute atomic E-state index is 0.190. The van der Waals surface area contributed by atoms with Crippen LogP contribution in [0.4, 0.5) is 4.39 Å². The SMILES string of the molecule is Fc1ccc(Cl)cc1CNCCN1CCCCC1. The fraction of sp³-hybridized carbons (Fsp3) is 0.571. The van der Waals surface area contributed by atoms with Crippen LogP contribution in [-0.4, -0.2) is 31.1 Å². The molecule has 100 valence electrons. The van der Waals surface area contributed by atoms with Gasteiger partial charge < -0.3 is 10.2 Å². The van der Waals surface area contributed by atoms with Crippen molar-refractivity contribution in [3.05, 3.63) is 34.6 Å². The maximum atomic E-state index is 13.4. The Morgan fingerprint density at radius 1 is 1.22 bits per heavy atom. The molecule has 1 aromatic carbocycles. The fourth-order valence-electron chi connectivity index (χ4n) is 2.32. The molecule has 0 aromatic heterocycles. The summed E-state index contributed by atoms with van der Waals surface area (Å²) >= 11 is 5.85. The normalized spacial score (nSPS) is 17.0. The standard InChI is InChI=1S/C14H20ClFN2/c15-13-4-5-14(16)12(10-13)11-17-6-9-18-7-2-1-3-8-18/h4-5,10,17H,1-3,6-9,11H2. The second-order valence-electron chi connectivity index (χ2n) is 4.81. The van der Waals surface area contributed by atoms with Crippen molar-refractivity contribution < 1.29 is 4.39 Å². The van der Waals surface area contributed by atoms with Gasteiger partial charge in [-0.1, -0.05) is 18.0 Å². The molecule has 2 rings (SSSR count). The number of halogens is 2. The van der Waals surface area contributed by atoms with Crippen molar-refractivity contribution in [1.29, 1.82) is 0 Å².